The first-order valence-electron chi connectivity index (χ1n) is 6.87. The zero-order valence-electron chi connectivity index (χ0n) is 12.0. The molecule has 0 aliphatic heterocycles. The van der Waals surface area contributed by atoms with E-state index in [0.29, 0.717) is 28.9 Å². The van der Waals surface area contributed by atoms with E-state index in [0.717, 1.165) is 5.56 Å². The van der Waals surface area contributed by atoms with Crippen LogP contribution in [-0.4, -0.2) is 4.92 Å². The lowest BCUT2D eigenvalue weighted by Gasteiger charge is -1.99. The van der Waals surface area contributed by atoms with Gasteiger partial charge in [-0.3, -0.25) is 15.4 Å². The second-order valence-electron chi connectivity index (χ2n) is 4.81. The molecule has 116 valence electrons. The van der Waals surface area contributed by atoms with Crippen molar-refractivity contribution in [2.75, 3.05) is 5.32 Å². The van der Waals surface area contributed by atoms with Gasteiger partial charge in [-0.2, -0.15) is 0 Å². The summed E-state index contributed by atoms with van der Waals surface area (Å²) in [6.07, 6.45) is 1.62. The number of aromatic amines is 1. The molecule has 0 spiro atoms. The van der Waals surface area contributed by atoms with Crippen molar-refractivity contribution in [3.8, 4) is 11.3 Å². The summed E-state index contributed by atoms with van der Waals surface area (Å²) in [5.41, 5.74) is 0.898. The van der Waals surface area contributed by atoms with Gasteiger partial charge in [0.2, 0.25) is 0 Å². The van der Waals surface area contributed by atoms with Crippen LogP contribution in [0.3, 0.4) is 0 Å². The number of halogens is 1. The number of aromatic nitrogens is 1. The summed E-state index contributed by atoms with van der Waals surface area (Å²) in [5.74, 6) is 1.72. The third-order valence-electron chi connectivity index (χ3n) is 3.26. The highest BCUT2D eigenvalue weighted by Crippen LogP contribution is 2.25. The summed E-state index contributed by atoms with van der Waals surface area (Å²) in [4.78, 5) is 13.3. The number of hydrogen-bond donors (Lipinski definition) is 1. The van der Waals surface area contributed by atoms with Gasteiger partial charge in [-0.25, -0.2) is 4.98 Å². The minimum Gasteiger partial charge on any atom is -0.457 e. The molecule has 0 fully saturated rings. The molecular formula is C16H13ClN3O3+. The van der Waals surface area contributed by atoms with E-state index in [4.69, 9.17) is 16.0 Å². The molecule has 0 atom stereocenters. The van der Waals surface area contributed by atoms with E-state index in [-0.39, 0.29) is 5.69 Å². The largest absolute Gasteiger partial charge is 0.457 e. The normalized spacial score (nSPS) is 10.5. The van der Waals surface area contributed by atoms with Crippen LogP contribution in [0.2, 0.25) is 5.02 Å². The summed E-state index contributed by atoms with van der Waals surface area (Å²) < 4.78 is 5.74. The van der Waals surface area contributed by atoms with Crippen molar-refractivity contribution >= 4 is 23.1 Å². The van der Waals surface area contributed by atoms with Crippen molar-refractivity contribution < 1.29 is 14.3 Å². The number of pyridine rings is 1. The summed E-state index contributed by atoms with van der Waals surface area (Å²) >= 11 is 5.86. The number of furan rings is 1. The van der Waals surface area contributed by atoms with Gasteiger partial charge in [0.25, 0.3) is 0 Å². The molecule has 0 aliphatic rings. The smallest absolute Gasteiger partial charge is 0.357 e. The average molecular weight is 331 g/mol. The summed E-state index contributed by atoms with van der Waals surface area (Å²) in [5, 5.41) is 14.6. The Kier molecular flexibility index (Phi) is 4.25. The van der Waals surface area contributed by atoms with Crippen LogP contribution in [0.1, 0.15) is 5.76 Å². The van der Waals surface area contributed by atoms with Gasteiger partial charge < -0.3 is 4.42 Å². The first kappa shape index (κ1) is 15.1. The average Bonchev–Trinajstić information content (AvgIpc) is 3.03. The van der Waals surface area contributed by atoms with Crippen LogP contribution in [0.4, 0.5) is 11.5 Å². The van der Waals surface area contributed by atoms with Gasteiger partial charge in [-0.15, -0.1) is 0 Å². The molecule has 0 aliphatic carbocycles. The topological polar surface area (TPSA) is 82.5 Å². The summed E-state index contributed by atoms with van der Waals surface area (Å²) in [6.45, 7) is 0.328. The molecule has 7 heteroatoms. The minimum absolute atomic E-state index is 0.0167. The lowest BCUT2D eigenvalue weighted by Crippen LogP contribution is -2.14. The predicted molar refractivity (Wildman–Crippen MR) is 86.1 cm³/mol. The van der Waals surface area contributed by atoms with E-state index in [9.17, 15) is 10.1 Å². The van der Waals surface area contributed by atoms with Crippen LogP contribution in [0.15, 0.2) is 59.1 Å². The SMILES string of the molecule is O=[N+]([O-])c1ccc[nH+]c1NCc1ccc(-c2ccc(Cl)cc2)o1. The van der Waals surface area contributed by atoms with Gasteiger partial charge in [0.05, 0.1) is 11.1 Å². The molecule has 6 nitrogen and oxygen atoms in total. The Hall–Kier alpha value is -2.86. The van der Waals surface area contributed by atoms with E-state index in [1.807, 2.05) is 24.3 Å². The predicted octanol–water partition coefficient (Wildman–Crippen LogP) is 3.93. The standard InChI is InChI=1S/C16H12ClN3O3/c17-12-5-3-11(4-6-12)15-8-7-13(23-15)10-19-16-14(20(21)22)2-1-9-18-16/h1-9H,10H2,(H,18,19)/p+1. The lowest BCUT2D eigenvalue weighted by atomic mass is 10.2. The number of anilines is 1. The molecule has 2 N–H and O–H groups in total. The van der Waals surface area contributed by atoms with Gasteiger partial charge in [-0.1, -0.05) is 11.6 Å². The Bertz CT molecular complexity index is 831. The van der Waals surface area contributed by atoms with Crippen molar-refractivity contribution in [2.24, 2.45) is 0 Å². The molecule has 1 aromatic carbocycles. The Balaban J connectivity index is 1.73. The monoisotopic (exact) mass is 330 g/mol. The quantitative estimate of drug-likeness (QED) is 0.567. The highest BCUT2D eigenvalue weighted by atomic mass is 35.5. The molecule has 0 bridgehead atoms. The molecule has 2 heterocycles. The number of hydrogen-bond acceptors (Lipinski definition) is 4. The van der Waals surface area contributed by atoms with Crippen molar-refractivity contribution in [3.05, 3.63) is 75.6 Å². The number of rotatable bonds is 5. The van der Waals surface area contributed by atoms with Gasteiger partial charge in [-0.05, 0) is 42.5 Å². The van der Waals surface area contributed by atoms with Crippen LogP contribution in [-0.2, 0) is 6.54 Å². The highest BCUT2D eigenvalue weighted by Gasteiger charge is 2.19. The van der Waals surface area contributed by atoms with E-state index in [1.54, 1.807) is 24.4 Å². The highest BCUT2D eigenvalue weighted by molar-refractivity contribution is 6.30. The van der Waals surface area contributed by atoms with Crippen LogP contribution in [0.5, 0.6) is 0 Å². The molecule has 23 heavy (non-hydrogen) atoms. The molecule has 0 saturated carbocycles. The van der Waals surface area contributed by atoms with Crippen molar-refractivity contribution in [1.29, 1.82) is 0 Å². The Morgan fingerprint density at radius 1 is 1.17 bits per heavy atom. The van der Waals surface area contributed by atoms with Crippen molar-refractivity contribution in [2.45, 2.75) is 6.54 Å². The van der Waals surface area contributed by atoms with E-state index >= 15 is 0 Å². The van der Waals surface area contributed by atoms with E-state index < -0.39 is 4.92 Å². The van der Waals surface area contributed by atoms with Gasteiger partial charge in [0.15, 0.2) is 0 Å². The number of nitro groups is 1. The molecular weight excluding hydrogens is 318 g/mol. The molecule has 3 rings (SSSR count). The van der Waals surface area contributed by atoms with Crippen LogP contribution in [0.25, 0.3) is 11.3 Å². The number of nitrogens with one attached hydrogen (secondary N) is 2. The first-order chi connectivity index (χ1) is 11.1. The Morgan fingerprint density at radius 2 is 1.96 bits per heavy atom. The van der Waals surface area contributed by atoms with Gasteiger partial charge >= 0.3 is 11.5 Å². The molecule has 0 unspecified atom stereocenters. The summed E-state index contributed by atoms with van der Waals surface area (Å²) in [6, 6.07) is 14.0. The van der Waals surface area contributed by atoms with Crippen LogP contribution in [0, 0.1) is 10.1 Å². The minimum atomic E-state index is -0.444. The molecule has 3 aromatic rings. The van der Waals surface area contributed by atoms with Gasteiger partial charge in [0.1, 0.15) is 18.1 Å². The van der Waals surface area contributed by atoms with Crippen LogP contribution < -0.4 is 10.3 Å². The molecule has 0 saturated heterocycles. The third-order valence-corrected chi connectivity index (χ3v) is 3.51. The summed E-state index contributed by atoms with van der Waals surface area (Å²) in [7, 11) is 0. The number of benzene rings is 1. The molecule has 2 aromatic heterocycles. The number of H-pyrrole nitrogens is 1. The van der Waals surface area contributed by atoms with E-state index in [2.05, 4.69) is 10.3 Å². The maximum absolute atomic E-state index is 11.0. The molecule has 0 radical (unpaired) electrons. The fourth-order valence-electron chi connectivity index (χ4n) is 2.14. The second kappa shape index (κ2) is 6.50. The first-order valence-corrected chi connectivity index (χ1v) is 7.25. The van der Waals surface area contributed by atoms with Gasteiger partial charge in [0, 0.05) is 16.7 Å². The van der Waals surface area contributed by atoms with Crippen LogP contribution >= 0.6 is 11.6 Å². The lowest BCUT2D eigenvalue weighted by molar-refractivity contribution is -0.409. The molecule has 0 amide bonds. The fraction of sp³-hybridized carbons (Fsp3) is 0.0625. The zero-order valence-corrected chi connectivity index (χ0v) is 12.7. The Labute approximate surface area is 136 Å². The van der Waals surface area contributed by atoms with Crippen molar-refractivity contribution in [1.82, 2.24) is 0 Å². The maximum atomic E-state index is 11.0. The number of nitrogens with zero attached hydrogens (tertiary/aromatic N) is 1. The fourth-order valence-corrected chi connectivity index (χ4v) is 2.27. The third kappa shape index (κ3) is 3.49. The van der Waals surface area contributed by atoms with Crippen molar-refractivity contribution in [3.63, 3.8) is 0 Å². The second-order valence-corrected chi connectivity index (χ2v) is 5.25. The maximum Gasteiger partial charge on any atom is 0.357 e. The zero-order chi connectivity index (χ0) is 16.2. The Morgan fingerprint density at radius 3 is 2.70 bits per heavy atom. The van der Waals surface area contributed by atoms with E-state index in [1.165, 1.54) is 6.07 Å².